The molecule has 10 heteroatoms. The molecule has 0 bridgehead atoms. The summed E-state index contributed by atoms with van der Waals surface area (Å²) in [5, 5.41) is 12.1. The van der Waals surface area contributed by atoms with Gasteiger partial charge in [-0.25, -0.2) is 4.39 Å². The van der Waals surface area contributed by atoms with E-state index in [2.05, 4.69) is 5.32 Å². The zero-order valence-electron chi connectivity index (χ0n) is 17.5. The van der Waals surface area contributed by atoms with Crippen molar-refractivity contribution in [2.45, 2.75) is 31.1 Å². The Hall–Kier alpha value is -3.45. The molecule has 172 valence electrons. The highest BCUT2D eigenvalue weighted by atomic mass is 19.4. The summed E-state index contributed by atoms with van der Waals surface area (Å²) in [6, 6.07) is 9.96. The first-order valence-corrected chi connectivity index (χ1v) is 10.3. The Bertz CT molecular complexity index is 1120. The fourth-order valence-electron chi connectivity index (χ4n) is 4.41. The lowest BCUT2D eigenvalue weighted by molar-refractivity contribution is -0.153. The summed E-state index contributed by atoms with van der Waals surface area (Å²) in [7, 11) is 0. The lowest BCUT2D eigenvalue weighted by atomic mass is 9.83. The van der Waals surface area contributed by atoms with Crippen molar-refractivity contribution in [2.75, 3.05) is 24.5 Å². The Morgan fingerprint density at radius 3 is 2.42 bits per heavy atom. The van der Waals surface area contributed by atoms with Crippen LogP contribution in [0.3, 0.4) is 0 Å². The minimum atomic E-state index is -4.48. The lowest BCUT2D eigenvalue weighted by Crippen LogP contribution is -2.72. The van der Waals surface area contributed by atoms with Crippen LogP contribution in [0.1, 0.15) is 29.5 Å². The van der Waals surface area contributed by atoms with Crippen molar-refractivity contribution in [3.63, 3.8) is 0 Å². The third-order valence-corrected chi connectivity index (χ3v) is 6.11. The Morgan fingerprint density at radius 1 is 1.12 bits per heavy atom. The van der Waals surface area contributed by atoms with E-state index in [1.807, 2.05) is 6.07 Å². The van der Waals surface area contributed by atoms with E-state index in [0.29, 0.717) is 24.9 Å². The molecule has 0 saturated carbocycles. The highest BCUT2D eigenvalue weighted by Crippen LogP contribution is 2.36. The third kappa shape index (κ3) is 4.16. The van der Waals surface area contributed by atoms with Crippen molar-refractivity contribution < 1.29 is 27.2 Å². The van der Waals surface area contributed by atoms with Gasteiger partial charge in [0.25, 0.3) is 5.91 Å². The van der Waals surface area contributed by atoms with E-state index < -0.39 is 41.5 Å². The molecule has 2 aromatic rings. The second kappa shape index (κ2) is 8.48. The SMILES string of the molecule is N#Cc1ccc(N2CC(=O)N(Cc3ccc(C(F)(F)F)cc3)[C@]3(CCCNC3)C2=O)c(F)c1. The molecule has 0 aliphatic carbocycles. The average Bonchev–Trinajstić information content (AvgIpc) is 2.80. The molecule has 2 aliphatic heterocycles. The van der Waals surface area contributed by atoms with Gasteiger partial charge in [-0.3, -0.25) is 14.5 Å². The summed E-state index contributed by atoms with van der Waals surface area (Å²) < 4.78 is 53.3. The van der Waals surface area contributed by atoms with E-state index >= 15 is 0 Å². The first-order valence-electron chi connectivity index (χ1n) is 10.3. The van der Waals surface area contributed by atoms with Crippen LogP contribution in [-0.4, -0.2) is 41.9 Å². The topological polar surface area (TPSA) is 76.4 Å². The van der Waals surface area contributed by atoms with Crippen molar-refractivity contribution >= 4 is 17.5 Å². The average molecular weight is 460 g/mol. The van der Waals surface area contributed by atoms with E-state index in [9.17, 15) is 27.2 Å². The fraction of sp³-hybridized carbons (Fsp3) is 0.348. The van der Waals surface area contributed by atoms with Gasteiger partial charge in [0.1, 0.15) is 17.9 Å². The second-order valence-corrected chi connectivity index (χ2v) is 8.16. The number of benzene rings is 2. The Kier molecular flexibility index (Phi) is 5.84. The number of nitriles is 1. The molecule has 1 N–H and O–H groups in total. The van der Waals surface area contributed by atoms with Gasteiger partial charge in [-0.1, -0.05) is 12.1 Å². The van der Waals surface area contributed by atoms with E-state index in [1.165, 1.54) is 29.2 Å². The summed E-state index contributed by atoms with van der Waals surface area (Å²) in [4.78, 5) is 29.3. The number of nitrogens with zero attached hydrogens (tertiary/aromatic N) is 3. The second-order valence-electron chi connectivity index (χ2n) is 8.16. The summed E-state index contributed by atoms with van der Waals surface area (Å²) in [5.74, 6) is -1.70. The van der Waals surface area contributed by atoms with Crippen molar-refractivity contribution in [3.05, 3.63) is 65.0 Å². The zero-order valence-corrected chi connectivity index (χ0v) is 17.5. The Labute approximate surface area is 187 Å². The Morgan fingerprint density at radius 2 is 1.85 bits per heavy atom. The quantitative estimate of drug-likeness (QED) is 0.714. The lowest BCUT2D eigenvalue weighted by Gasteiger charge is -2.51. The van der Waals surface area contributed by atoms with E-state index in [-0.39, 0.29) is 24.3 Å². The van der Waals surface area contributed by atoms with Gasteiger partial charge in [-0.05, 0) is 55.3 Å². The molecule has 0 aromatic heterocycles. The smallest absolute Gasteiger partial charge is 0.321 e. The van der Waals surface area contributed by atoms with Crippen molar-refractivity contribution in [3.8, 4) is 6.07 Å². The number of hydrogen-bond donors (Lipinski definition) is 1. The predicted octanol–water partition coefficient (Wildman–Crippen LogP) is 3.21. The van der Waals surface area contributed by atoms with Crippen LogP contribution >= 0.6 is 0 Å². The number of piperidine rings is 1. The number of piperazine rings is 1. The maximum absolute atomic E-state index is 14.7. The number of rotatable bonds is 3. The van der Waals surface area contributed by atoms with E-state index in [0.717, 1.165) is 23.1 Å². The van der Waals surface area contributed by atoms with Crippen molar-refractivity contribution in [2.24, 2.45) is 0 Å². The highest BCUT2D eigenvalue weighted by molar-refractivity contribution is 6.09. The monoisotopic (exact) mass is 460 g/mol. The zero-order chi connectivity index (χ0) is 23.8. The molecule has 2 fully saturated rings. The minimum absolute atomic E-state index is 0.0475. The maximum atomic E-state index is 14.7. The van der Waals surface area contributed by atoms with Gasteiger partial charge < -0.3 is 10.2 Å². The number of carbonyl (C=O) groups excluding carboxylic acids is 2. The van der Waals surface area contributed by atoms with Crippen LogP contribution < -0.4 is 10.2 Å². The van der Waals surface area contributed by atoms with Crippen LogP contribution in [0.5, 0.6) is 0 Å². The standard InChI is InChI=1S/C23H20F4N4O2/c24-18-10-16(11-28)4-7-19(18)30-13-20(32)31(22(21(30)33)8-1-9-29-14-22)12-15-2-5-17(6-3-15)23(25,26)27/h2-7,10,29H,1,8-9,12-14H2/t22-/m0/s1. The highest BCUT2D eigenvalue weighted by Gasteiger charge is 2.53. The first kappa shape index (κ1) is 22.7. The number of nitrogens with one attached hydrogen (secondary N) is 1. The summed E-state index contributed by atoms with van der Waals surface area (Å²) in [5.41, 5.74) is -1.65. The number of amides is 2. The molecule has 2 saturated heterocycles. The normalized spacial score (nSPS) is 21.4. The van der Waals surface area contributed by atoms with Gasteiger partial charge in [-0.2, -0.15) is 18.4 Å². The molecule has 0 unspecified atom stereocenters. The molecule has 0 radical (unpaired) electrons. The molecule has 1 spiro atoms. The van der Waals surface area contributed by atoms with Gasteiger partial charge in [0.2, 0.25) is 5.91 Å². The van der Waals surface area contributed by atoms with Crippen LogP contribution in [0.4, 0.5) is 23.2 Å². The molecule has 6 nitrogen and oxygen atoms in total. The van der Waals surface area contributed by atoms with Crippen LogP contribution in [0.15, 0.2) is 42.5 Å². The largest absolute Gasteiger partial charge is 0.416 e. The molecule has 4 rings (SSSR count). The summed E-state index contributed by atoms with van der Waals surface area (Å²) in [6.07, 6.45) is -3.55. The molecule has 33 heavy (non-hydrogen) atoms. The molecule has 2 aromatic carbocycles. The van der Waals surface area contributed by atoms with Gasteiger partial charge in [0.15, 0.2) is 0 Å². The Balaban J connectivity index is 1.67. The maximum Gasteiger partial charge on any atom is 0.416 e. The minimum Gasteiger partial charge on any atom is -0.321 e. The van der Waals surface area contributed by atoms with Gasteiger partial charge in [0, 0.05) is 13.1 Å². The van der Waals surface area contributed by atoms with E-state index in [4.69, 9.17) is 5.26 Å². The van der Waals surface area contributed by atoms with Crippen molar-refractivity contribution in [1.82, 2.24) is 10.2 Å². The van der Waals surface area contributed by atoms with Gasteiger partial charge >= 0.3 is 6.18 Å². The summed E-state index contributed by atoms with van der Waals surface area (Å²) in [6.45, 7) is 0.327. The molecule has 2 aliphatic rings. The number of carbonyl (C=O) groups is 2. The number of anilines is 1. The number of hydrogen-bond acceptors (Lipinski definition) is 4. The van der Waals surface area contributed by atoms with Crippen LogP contribution in [-0.2, 0) is 22.3 Å². The molecular weight excluding hydrogens is 440 g/mol. The molecule has 1 atom stereocenters. The van der Waals surface area contributed by atoms with Gasteiger partial charge in [0.05, 0.1) is 22.9 Å². The van der Waals surface area contributed by atoms with Crippen molar-refractivity contribution in [1.29, 1.82) is 5.26 Å². The van der Waals surface area contributed by atoms with E-state index in [1.54, 1.807) is 0 Å². The molecule has 2 amide bonds. The van der Waals surface area contributed by atoms with Crippen LogP contribution in [0, 0.1) is 17.1 Å². The summed E-state index contributed by atoms with van der Waals surface area (Å²) >= 11 is 0. The first-order chi connectivity index (χ1) is 15.7. The predicted molar refractivity (Wildman–Crippen MR) is 110 cm³/mol. The van der Waals surface area contributed by atoms with Gasteiger partial charge in [-0.15, -0.1) is 0 Å². The number of alkyl halides is 3. The fourth-order valence-corrected chi connectivity index (χ4v) is 4.41. The third-order valence-electron chi connectivity index (χ3n) is 6.11. The van der Waals surface area contributed by atoms with Crippen LogP contribution in [0.2, 0.25) is 0 Å². The number of halogens is 4. The molecular formula is C23H20F4N4O2. The van der Waals surface area contributed by atoms with Crippen LogP contribution in [0.25, 0.3) is 0 Å². The molecule has 2 heterocycles.